The van der Waals surface area contributed by atoms with Crippen LogP contribution in [0.2, 0.25) is 0 Å². The molecule has 1 aromatic carbocycles. The summed E-state index contributed by atoms with van der Waals surface area (Å²) < 4.78 is 0. The fraction of sp³-hybridized carbons (Fsp3) is 0.318. The van der Waals surface area contributed by atoms with Gasteiger partial charge in [0.1, 0.15) is 5.82 Å². The van der Waals surface area contributed by atoms with Crippen LogP contribution in [0.5, 0.6) is 0 Å². The van der Waals surface area contributed by atoms with Crippen molar-refractivity contribution in [2.24, 2.45) is 0 Å². The minimum atomic E-state index is -0.0182. The quantitative estimate of drug-likeness (QED) is 0.733. The maximum atomic E-state index is 12.4. The summed E-state index contributed by atoms with van der Waals surface area (Å²) in [6, 6.07) is 12.2. The Bertz CT molecular complexity index is 990. The third-order valence-electron chi connectivity index (χ3n) is 5.20. The van der Waals surface area contributed by atoms with Crippen molar-refractivity contribution in [1.29, 1.82) is 0 Å². The van der Waals surface area contributed by atoms with E-state index in [0.29, 0.717) is 12.4 Å². The molecule has 1 fully saturated rings. The Balaban J connectivity index is 0.00000160. The van der Waals surface area contributed by atoms with Crippen LogP contribution >= 0.6 is 0 Å². The highest BCUT2D eigenvalue weighted by molar-refractivity contribution is 5.94. The second-order valence-electron chi connectivity index (χ2n) is 7.45. The molecule has 2 aromatic heterocycles. The lowest BCUT2D eigenvalue weighted by Gasteiger charge is -2.31. The van der Waals surface area contributed by atoms with E-state index < -0.39 is 0 Å². The number of likely N-dealkylation sites (N-methyl/N-ethyl adjacent to an activating group) is 1. The van der Waals surface area contributed by atoms with Gasteiger partial charge in [-0.1, -0.05) is 18.2 Å². The van der Waals surface area contributed by atoms with Gasteiger partial charge in [-0.3, -0.25) is 19.4 Å². The molecule has 1 N–H and O–H groups in total. The van der Waals surface area contributed by atoms with E-state index in [4.69, 9.17) is 0 Å². The lowest BCUT2D eigenvalue weighted by molar-refractivity contribution is -0.117. The zero-order chi connectivity index (χ0) is 19.5. The number of benzene rings is 1. The summed E-state index contributed by atoms with van der Waals surface area (Å²) in [4.78, 5) is 25.6. The van der Waals surface area contributed by atoms with Crippen molar-refractivity contribution in [2.45, 2.75) is 6.92 Å². The SMILES string of the molecule is Cc1ccc(-c2ccc3cnc(NC(=O)CN4CCN(C)CC4)cc3c2)cn1.F.[HH]. The van der Waals surface area contributed by atoms with E-state index in [1.165, 1.54) is 0 Å². The standard InChI is InChI=1S/C22H25N5O.FH.H2/c1-16-3-4-18(13-23-16)17-5-6-19-14-24-21(12-20(19)11-17)25-22(28)15-27-9-7-26(2)8-10-27;;/h3-6,11-14H,7-10,15H2,1-2H3,(H,24,25,28);2*1H. The first kappa shape index (κ1) is 20.8. The van der Waals surface area contributed by atoms with Gasteiger partial charge in [0.05, 0.1) is 6.54 Å². The number of nitrogens with zero attached hydrogens (tertiary/aromatic N) is 4. The number of carbonyl (C=O) groups excluding carboxylic acids is 1. The van der Waals surface area contributed by atoms with Crippen LogP contribution in [0, 0.1) is 6.92 Å². The maximum Gasteiger partial charge on any atom is 0.239 e. The number of anilines is 1. The molecule has 0 spiro atoms. The molecule has 154 valence electrons. The smallest absolute Gasteiger partial charge is 0.239 e. The number of pyridine rings is 2. The number of halogens is 1. The molecule has 0 radical (unpaired) electrons. The highest BCUT2D eigenvalue weighted by Gasteiger charge is 2.16. The number of amides is 1. The Kier molecular flexibility index (Phi) is 6.51. The monoisotopic (exact) mass is 397 g/mol. The molecule has 7 heteroatoms. The Morgan fingerprint density at radius 1 is 1.00 bits per heavy atom. The topological polar surface area (TPSA) is 61.4 Å². The number of carbonyl (C=O) groups is 1. The van der Waals surface area contributed by atoms with E-state index >= 15 is 0 Å². The van der Waals surface area contributed by atoms with Crippen molar-refractivity contribution in [3.8, 4) is 11.1 Å². The predicted molar refractivity (Wildman–Crippen MR) is 117 cm³/mol. The van der Waals surface area contributed by atoms with Crippen molar-refractivity contribution in [2.75, 3.05) is 45.1 Å². The molecule has 6 nitrogen and oxygen atoms in total. The van der Waals surface area contributed by atoms with Crippen molar-refractivity contribution in [1.82, 2.24) is 19.8 Å². The number of fused-ring (bicyclic) bond motifs is 1. The first-order chi connectivity index (χ1) is 13.6. The molecule has 0 bridgehead atoms. The molecule has 0 saturated carbocycles. The molecule has 0 aliphatic carbocycles. The van der Waals surface area contributed by atoms with Crippen LogP contribution in [0.25, 0.3) is 21.9 Å². The third kappa shape index (κ3) is 5.13. The molecule has 1 amide bonds. The summed E-state index contributed by atoms with van der Waals surface area (Å²) in [7, 11) is 2.11. The van der Waals surface area contributed by atoms with Gasteiger partial charge < -0.3 is 10.2 Å². The van der Waals surface area contributed by atoms with Gasteiger partial charge in [0, 0.05) is 56.6 Å². The Hall–Kier alpha value is -2.90. The van der Waals surface area contributed by atoms with Gasteiger partial charge in [0.2, 0.25) is 5.91 Å². The van der Waals surface area contributed by atoms with E-state index in [1.807, 2.05) is 31.3 Å². The fourth-order valence-electron chi connectivity index (χ4n) is 3.42. The first-order valence-electron chi connectivity index (χ1n) is 9.60. The molecule has 3 heterocycles. The van der Waals surface area contributed by atoms with Gasteiger partial charge in [0.25, 0.3) is 0 Å². The average Bonchev–Trinajstić information content (AvgIpc) is 2.70. The molecule has 1 aliphatic heterocycles. The Morgan fingerprint density at radius 3 is 2.48 bits per heavy atom. The van der Waals surface area contributed by atoms with Crippen molar-refractivity contribution >= 4 is 22.5 Å². The van der Waals surface area contributed by atoms with Crippen molar-refractivity contribution < 1.29 is 10.9 Å². The van der Waals surface area contributed by atoms with Crippen LogP contribution in [-0.2, 0) is 4.79 Å². The van der Waals surface area contributed by atoms with Gasteiger partial charge >= 0.3 is 0 Å². The average molecular weight is 397 g/mol. The van der Waals surface area contributed by atoms with Crippen molar-refractivity contribution in [3.63, 3.8) is 0 Å². The molecule has 1 saturated heterocycles. The molecule has 1 aliphatic rings. The number of nitrogens with one attached hydrogen (secondary N) is 1. The van der Waals surface area contributed by atoms with Crippen LogP contribution in [0.1, 0.15) is 7.12 Å². The molecule has 29 heavy (non-hydrogen) atoms. The molecule has 0 atom stereocenters. The van der Waals surface area contributed by atoms with E-state index in [9.17, 15) is 4.79 Å². The van der Waals surface area contributed by atoms with Gasteiger partial charge in [-0.05, 0) is 43.1 Å². The molecule has 0 unspecified atom stereocenters. The Labute approximate surface area is 171 Å². The van der Waals surface area contributed by atoms with Crippen LogP contribution in [0.15, 0.2) is 48.8 Å². The van der Waals surface area contributed by atoms with E-state index in [2.05, 4.69) is 50.3 Å². The van der Waals surface area contributed by atoms with Crippen LogP contribution in [-0.4, -0.2) is 65.4 Å². The summed E-state index contributed by atoms with van der Waals surface area (Å²) in [5, 5.41) is 5.03. The minimum absolute atomic E-state index is 0. The molecule has 4 rings (SSSR count). The predicted octanol–water partition coefficient (Wildman–Crippen LogP) is 3.19. The van der Waals surface area contributed by atoms with Gasteiger partial charge in [-0.25, -0.2) is 4.98 Å². The van der Waals surface area contributed by atoms with Gasteiger partial charge in [-0.15, -0.1) is 0 Å². The van der Waals surface area contributed by atoms with E-state index in [1.54, 1.807) is 6.20 Å². The maximum absolute atomic E-state index is 12.4. The molecule has 3 aromatic rings. The lowest BCUT2D eigenvalue weighted by atomic mass is 10.0. The van der Waals surface area contributed by atoms with Crippen LogP contribution in [0.3, 0.4) is 0 Å². The number of hydrogen-bond donors (Lipinski definition) is 1. The third-order valence-corrected chi connectivity index (χ3v) is 5.20. The fourth-order valence-corrected chi connectivity index (χ4v) is 3.42. The number of rotatable bonds is 4. The number of hydrogen-bond acceptors (Lipinski definition) is 5. The molecular weight excluding hydrogens is 369 g/mol. The second-order valence-corrected chi connectivity index (χ2v) is 7.45. The van der Waals surface area contributed by atoms with Gasteiger partial charge in [0.15, 0.2) is 0 Å². The summed E-state index contributed by atoms with van der Waals surface area (Å²) in [5.41, 5.74) is 3.17. The van der Waals surface area contributed by atoms with E-state index in [0.717, 1.165) is 53.8 Å². The number of aryl methyl sites for hydroxylation is 1. The highest BCUT2D eigenvalue weighted by Crippen LogP contribution is 2.25. The number of aromatic nitrogens is 2. The van der Waals surface area contributed by atoms with Crippen molar-refractivity contribution in [3.05, 3.63) is 54.5 Å². The van der Waals surface area contributed by atoms with Crippen LogP contribution in [0.4, 0.5) is 10.5 Å². The molecular formula is C22H28FN5O. The van der Waals surface area contributed by atoms with Crippen LogP contribution < -0.4 is 5.32 Å². The largest absolute Gasteiger partial charge is 0.310 e. The van der Waals surface area contributed by atoms with E-state index in [-0.39, 0.29) is 12.0 Å². The minimum Gasteiger partial charge on any atom is -0.310 e. The second kappa shape index (κ2) is 9.07. The normalized spacial score (nSPS) is 15.1. The zero-order valence-electron chi connectivity index (χ0n) is 16.8. The summed E-state index contributed by atoms with van der Waals surface area (Å²) >= 11 is 0. The number of piperazine rings is 1. The highest BCUT2D eigenvalue weighted by atomic mass is 19.0. The summed E-state index contributed by atoms with van der Waals surface area (Å²) in [6.45, 7) is 6.22. The van der Waals surface area contributed by atoms with Gasteiger partial charge in [-0.2, -0.15) is 0 Å². The lowest BCUT2D eigenvalue weighted by Crippen LogP contribution is -2.47. The summed E-state index contributed by atoms with van der Waals surface area (Å²) in [5.74, 6) is 0.570. The Morgan fingerprint density at radius 2 is 1.76 bits per heavy atom. The first-order valence-corrected chi connectivity index (χ1v) is 9.60. The summed E-state index contributed by atoms with van der Waals surface area (Å²) in [6.07, 6.45) is 3.69. The zero-order valence-corrected chi connectivity index (χ0v) is 16.8.